The van der Waals surface area contributed by atoms with Crippen LogP contribution in [-0.2, 0) is 14.3 Å². The number of methoxy groups -OCH3 is 1. The molecular formula is C27H23N3O8S. The van der Waals surface area contributed by atoms with Gasteiger partial charge in [0.05, 0.1) is 29.3 Å². The number of thiazole rings is 1. The lowest BCUT2D eigenvalue weighted by Gasteiger charge is -2.23. The van der Waals surface area contributed by atoms with Crippen LogP contribution in [0.15, 0.2) is 60.7 Å². The van der Waals surface area contributed by atoms with E-state index in [0.717, 1.165) is 16.2 Å². The van der Waals surface area contributed by atoms with Crippen molar-refractivity contribution in [3.05, 3.63) is 98.1 Å². The van der Waals surface area contributed by atoms with Crippen LogP contribution in [0, 0.1) is 24.0 Å². The Kier molecular flexibility index (Phi) is 7.58. The van der Waals surface area contributed by atoms with Crippen molar-refractivity contribution in [3.8, 4) is 5.75 Å². The van der Waals surface area contributed by atoms with E-state index >= 15 is 0 Å². The molecule has 2 aromatic carbocycles. The van der Waals surface area contributed by atoms with Crippen LogP contribution in [0.2, 0.25) is 0 Å². The molecule has 0 unspecified atom stereocenters. The number of aromatic nitrogens is 1. The number of nitro benzene ring substituents is 1. The molecule has 1 N–H and O–H groups in total. The third-order valence-corrected chi connectivity index (χ3v) is 7.16. The second-order valence-electron chi connectivity index (χ2n) is 8.50. The van der Waals surface area contributed by atoms with Crippen LogP contribution >= 0.6 is 11.3 Å². The molecule has 1 fully saturated rings. The van der Waals surface area contributed by atoms with Gasteiger partial charge in [-0.15, -0.1) is 0 Å². The number of hydrogen-bond donors (Lipinski definition) is 1. The van der Waals surface area contributed by atoms with Gasteiger partial charge in [0.25, 0.3) is 11.5 Å². The van der Waals surface area contributed by atoms with E-state index in [2.05, 4.69) is 11.6 Å². The average Bonchev–Trinajstić information content (AvgIpc) is 3.43. The van der Waals surface area contributed by atoms with Gasteiger partial charge < -0.3 is 14.6 Å². The van der Waals surface area contributed by atoms with Gasteiger partial charge in [-0.1, -0.05) is 36.1 Å². The number of aliphatic hydroxyl groups is 1. The van der Waals surface area contributed by atoms with E-state index in [1.807, 2.05) is 0 Å². The second-order valence-corrected chi connectivity index (χ2v) is 9.48. The number of ketones is 1. The molecule has 11 nitrogen and oxygen atoms in total. The highest BCUT2D eigenvalue weighted by molar-refractivity contribution is 7.17. The van der Waals surface area contributed by atoms with Crippen LogP contribution < -0.4 is 9.64 Å². The van der Waals surface area contributed by atoms with Crippen molar-refractivity contribution >= 4 is 45.6 Å². The molecule has 1 amide bonds. The fraction of sp³-hybridized carbons (Fsp3) is 0.185. The summed E-state index contributed by atoms with van der Waals surface area (Å²) in [5.41, 5.74) is 0.802. The maximum absolute atomic E-state index is 13.4. The first-order valence-corrected chi connectivity index (χ1v) is 12.4. The molecule has 0 bridgehead atoms. The largest absolute Gasteiger partial charge is 0.507 e. The number of amides is 1. The Hall–Kier alpha value is -4.84. The molecule has 12 heteroatoms. The molecule has 3 aromatic rings. The Morgan fingerprint density at radius 2 is 2.00 bits per heavy atom. The van der Waals surface area contributed by atoms with E-state index in [4.69, 9.17) is 9.47 Å². The molecule has 0 spiro atoms. The number of nitrogens with zero attached hydrogens (tertiary/aromatic N) is 3. The number of benzene rings is 2. The maximum atomic E-state index is 13.4. The quantitative estimate of drug-likeness (QED) is 0.0806. The number of hydrogen-bond acceptors (Lipinski definition) is 10. The summed E-state index contributed by atoms with van der Waals surface area (Å²) in [4.78, 5) is 55.7. The van der Waals surface area contributed by atoms with Crippen LogP contribution in [0.4, 0.5) is 10.8 Å². The van der Waals surface area contributed by atoms with E-state index in [1.165, 1.54) is 43.5 Å². The lowest BCUT2D eigenvalue weighted by atomic mass is 9.94. The number of non-ortho nitro benzene ring substituents is 1. The first kappa shape index (κ1) is 27.2. The summed E-state index contributed by atoms with van der Waals surface area (Å²) >= 11 is 0.825. The monoisotopic (exact) mass is 549 g/mol. The summed E-state index contributed by atoms with van der Waals surface area (Å²) < 4.78 is 10.4. The summed E-state index contributed by atoms with van der Waals surface area (Å²) in [6.07, 6.45) is 1.40. The number of Topliss-reactive ketones (excluding diaryl/α,β-unsaturated/α-hetero) is 1. The van der Waals surface area contributed by atoms with Gasteiger partial charge in [-0.05, 0) is 43.2 Å². The SMILES string of the molecule is C=CCOC(=O)c1sc(N2C(=O)C(=O)C(=C(O)c3ccc(OC)c(C)c3)[C@@H]2c2cccc([N+](=O)[O-])c2)nc1C. The molecule has 0 aliphatic carbocycles. The van der Waals surface area contributed by atoms with Gasteiger partial charge in [-0.25, -0.2) is 9.78 Å². The van der Waals surface area contributed by atoms with Crippen LogP contribution in [0.1, 0.15) is 38.1 Å². The van der Waals surface area contributed by atoms with Crippen molar-refractivity contribution < 1.29 is 33.9 Å². The zero-order valence-corrected chi connectivity index (χ0v) is 22.0. The topological polar surface area (TPSA) is 149 Å². The molecule has 39 heavy (non-hydrogen) atoms. The van der Waals surface area contributed by atoms with Crippen molar-refractivity contribution in [3.63, 3.8) is 0 Å². The summed E-state index contributed by atoms with van der Waals surface area (Å²) in [5.74, 6) is -2.64. The fourth-order valence-electron chi connectivity index (χ4n) is 4.21. The van der Waals surface area contributed by atoms with E-state index in [0.29, 0.717) is 11.3 Å². The third-order valence-electron chi connectivity index (χ3n) is 6.02. The standard InChI is InChI=1S/C27H23N3O8S/c1-5-11-38-26(34)24-15(3)28-27(39-24)29-21(16-7-6-8-18(13-16)30(35)36)20(23(32)25(29)33)22(31)17-9-10-19(37-4)14(2)12-17/h5-10,12-13,21,31H,1,11H2,2-4H3/t21-/m0/s1. The number of ether oxygens (including phenoxy) is 2. The van der Waals surface area contributed by atoms with Crippen molar-refractivity contribution in [1.29, 1.82) is 0 Å². The first-order chi connectivity index (χ1) is 18.6. The minimum Gasteiger partial charge on any atom is -0.507 e. The normalized spacial score (nSPS) is 16.3. The number of esters is 1. The minimum atomic E-state index is -1.27. The summed E-state index contributed by atoms with van der Waals surface area (Å²) in [6.45, 7) is 6.76. The van der Waals surface area contributed by atoms with Crippen LogP contribution in [0.5, 0.6) is 5.75 Å². The third kappa shape index (κ3) is 5.01. The molecule has 1 aromatic heterocycles. The zero-order chi connectivity index (χ0) is 28.4. The predicted octanol–water partition coefficient (Wildman–Crippen LogP) is 4.65. The van der Waals surface area contributed by atoms with Gasteiger partial charge in [-0.3, -0.25) is 24.6 Å². The van der Waals surface area contributed by atoms with E-state index in [1.54, 1.807) is 26.0 Å². The van der Waals surface area contributed by atoms with Gasteiger partial charge in [0.15, 0.2) is 5.13 Å². The Labute approximate surface area is 226 Å². The van der Waals surface area contributed by atoms with Crippen molar-refractivity contribution in [2.75, 3.05) is 18.6 Å². The lowest BCUT2D eigenvalue weighted by Crippen LogP contribution is -2.29. The van der Waals surface area contributed by atoms with Gasteiger partial charge in [0.2, 0.25) is 0 Å². The first-order valence-electron chi connectivity index (χ1n) is 11.5. The summed E-state index contributed by atoms with van der Waals surface area (Å²) in [7, 11) is 1.49. The zero-order valence-electron chi connectivity index (χ0n) is 21.2. The molecule has 1 atom stereocenters. The van der Waals surface area contributed by atoms with Gasteiger partial charge in [-0.2, -0.15) is 0 Å². The van der Waals surface area contributed by atoms with Crippen LogP contribution in [0.25, 0.3) is 5.76 Å². The van der Waals surface area contributed by atoms with Gasteiger partial charge in [0.1, 0.15) is 23.0 Å². The number of nitro groups is 1. The van der Waals surface area contributed by atoms with E-state index < -0.39 is 34.4 Å². The van der Waals surface area contributed by atoms with Crippen molar-refractivity contribution in [2.24, 2.45) is 0 Å². The molecule has 1 saturated heterocycles. The van der Waals surface area contributed by atoms with Gasteiger partial charge >= 0.3 is 11.9 Å². The number of aliphatic hydroxyl groups excluding tert-OH is 1. The molecule has 4 rings (SSSR count). The second kappa shape index (κ2) is 10.9. The Morgan fingerprint density at radius 1 is 1.26 bits per heavy atom. The summed E-state index contributed by atoms with van der Waals surface area (Å²) in [5, 5.41) is 22.8. The molecule has 2 heterocycles. The number of carbonyl (C=O) groups is 3. The number of rotatable bonds is 8. The Bertz CT molecular complexity index is 1560. The predicted molar refractivity (Wildman–Crippen MR) is 143 cm³/mol. The average molecular weight is 550 g/mol. The van der Waals surface area contributed by atoms with Crippen molar-refractivity contribution in [1.82, 2.24) is 4.98 Å². The smallest absolute Gasteiger partial charge is 0.350 e. The number of aryl methyl sites for hydroxylation is 2. The highest BCUT2D eigenvalue weighted by Gasteiger charge is 2.48. The molecule has 0 saturated carbocycles. The Morgan fingerprint density at radius 3 is 2.64 bits per heavy atom. The lowest BCUT2D eigenvalue weighted by molar-refractivity contribution is -0.384. The van der Waals surface area contributed by atoms with Gasteiger partial charge in [0, 0.05) is 17.7 Å². The fourth-order valence-corrected chi connectivity index (χ4v) is 5.20. The molecule has 1 aliphatic heterocycles. The number of carbonyl (C=O) groups excluding carboxylic acids is 3. The molecule has 200 valence electrons. The van der Waals surface area contributed by atoms with Crippen molar-refractivity contribution in [2.45, 2.75) is 19.9 Å². The van der Waals surface area contributed by atoms with Crippen LogP contribution in [0.3, 0.4) is 0 Å². The maximum Gasteiger partial charge on any atom is 0.350 e. The van der Waals surface area contributed by atoms with E-state index in [-0.39, 0.29) is 44.7 Å². The van der Waals surface area contributed by atoms with E-state index in [9.17, 15) is 29.6 Å². The highest BCUT2D eigenvalue weighted by Crippen LogP contribution is 2.44. The molecular weight excluding hydrogens is 526 g/mol. The minimum absolute atomic E-state index is 0.0124. The van der Waals surface area contributed by atoms with Crippen LogP contribution in [-0.4, -0.2) is 46.4 Å². The highest BCUT2D eigenvalue weighted by atomic mass is 32.1. The molecule has 1 aliphatic rings. The molecule has 0 radical (unpaired) electrons. The Balaban J connectivity index is 1.93. The summed E-state index contributed by atoms with van der Waals surface area (Å²) in [6, 6.07) is 8.86. The number of anilines is 1.